The van der Waals surface area contributed by atoms with Crippen LogP contribution in [0.2, 0.25) is 0 Å². The fourth-order valence-electron chi connectivity index (χ4n) is 1.34. The predicted octanol–water partition coefficient (Wildman–Crippen LogP) is -0.302. The van der Waals surface area contributed by atoms with Crippen LogP contribution >= 0.6 is 0 Å². The maximum Gasteiger partial charge on any atom is 0.141 e. The summed E-state index contributed by atoms with van der Waals surface area (Å²) >= 11 is 0. The molecule has 0 aliphatic heterocycles. The van der Waals surface area contributed by atoms with Crippen LogP contribution in [0.3, 0.4) is 0 Å². The van der Waals surface area contributed by atoms with Gasteiger partial charge in [0.25, 0.3) is 0 Å². The van der Waals surface area contributed by atoms with Gasteiger partial charge in [0.2, 0.25) is 0 Å². The van der Waals surface area contributed by atoms with Gasteiger partial charge in [-0.05, 0) is 36.5 Å². The van der Waals surface area contributed by atoms with Crippen molar-refractivity contribution < 1.29 is 21.5 Å². The molecule has 0 N–H and O–H groups in total. The van der Waals surface area contributed by atoms with Gasteiger partial charge >= 0.3 is 0 Å². The highest BCUT2D eigenvalue weighted by Gasteiger charge is 2.10. The van der Waals surface area contributed by atoms with Crippen molar-refractivity contribution in [2.24, 2.45) is 0 Å². The minimum Gasteiger partial charge on any atom is -1.00 e. The van der Waals surface area contributed by atoms with Crippen molar-refractivity contribution in [3.63, 3.8) is 0 Å². The Hall–Kier alpha value is -1.48. The molecule has 0 aromatic heterocycles. The van der Waals surface area contributed by atoms with E-state index in [4.69, 9.17) is 0 Å². The molecule has 0 heterocycles. The first-order chi connectivity index (χ1) is 8.49. The number of halogens is 1. The second kappa shape index (κ2) is 8.59. The molecule has 19 heavy (non-hydrogen) atoms. The van der Waals surface area contributed by atoms with E-state index in [0.717, 1.165) is 28.7 Å². The van der Waals surface area contributed by atoms with Crippen LogP contribution in [0.5, 0.6) is 0 Å². The number of nitrogens with zero attached hydrogens (tertiary/aromatic N) is 1. The zero-order valence-electron chi connectivity index (χ0n) is 11.8. The summed E-state index contributed by atoms with van der Waals surface area (Å²) in [6.45, 7) is 7.27. The third-order valence-electron chi connectivity index (χ3n) is 2.32. The minimum atomic E-state index is 0. The van der Waals surface area contributed by atoms with Gasteiger partial charge < -0.3 is 21.5 Å². The summed E-state index contributed by atoms with van der Waals surface area (Å²) in [6, 6.07) is 10.0. The predicted molar refractivity (Wildman–Crippen MR) is 77.8 cm³/mol. The molecule has 2 heteroatoms. The van der Waals surface area contributed by atoms with E-state index in [0.29, 0.717) is 0 Å². The Bertz CT molecular complexity index is 521. The van der Waals surface area contributed by atoms with Crippen molar-refractivity contribution in [1.82, 2.24) is 0 Å². The van der Waals surface area contributed by atoms with E-state index in [1.54, 1.807) is 0 Å². The Labute approximate surface area is 127 Å². The Morgan fingerprint density at radius 2 is 1.68 bits per heavy atom. The fraction of sp³-hybridized carbons (Fsp3) is 0.294. The summed E-state index contributed by atoms with van der Waals surface area (Å²) < 4.78 is 0.778. The van der Waals surface area contributed by atoms with Crippen molar-refractivity contribution >= 4 is 0 Å². The number of hydrogen-bond donors (Lipinski definition) is 0. The lowest BCUT2D eigenvalue weighted by molar-refractivity contribution is -0.875. The summed E-state index contributed by atoms with van der Waals surface area (Å²) in [4.78, 5) is 0. The molecule has 0 saturated carbocycles. The number of hydrogen-bond acceptors (Lipinski definition) is 0. The van der Waals surface area contributed by atoms with E-state index in [-0.39, 0.29) is 17.0 Å². The van der Waals surface area contributed by atoms with Gasteiger partial charge in [-0.25, -0.2) is 0 Å². The van der Waals surface area contributed by atoms with Crippen molar-refractivity contribution in [1.29, 1.82) is 0 Å². The van der Waals surface area contributed by atoms with Crippen molar-refractivity contribution in [3.05, 3.63) is 48.0 Å². The quantitative estimate of drug-likeness (QED) is 0.519. The first-order valence-corrected chi connectivity index (χ1v) is 6.00. The van der Waals surface area contributed by atoms with E-state index < -0.39 is 0 Å². The topological polar surface area (TPSA) is 0 Å². The van der Waals surface area contributed by atoms with Gasteiger partial charge in [-0.15, -0.1) is 0 Å². The highest BCUT2D eigenvalue weighted by Crippen LogP contribution is 1.97. The summed E-state index contributed by atoms with van der Waals surface area (Å²) in [6.07, 6.45) is 0. The molecular weight excluding hydrogens is 298 g/mol. The molecule has 1 nitrogen and oxygen atoms in total. The average Bonchev–Trinajstić information content (AvgIpc) is 2.29. The summed E-state index contributed by atoms with van der Waals surface area (Å²) in [5, 5.41) is 0. The monoisotopic (exact) mass is 317 g/mol. The van der Waals surface area contributed by atoms with Crippen molar-refractivity contribution in [3.8, 4) is 23.7 Å². The second-order valence-electron chi connectivity index (χ2n) is 5.00. The molecule has 0 fully saturated rings. The zero-order chi connectivity index (χ0) is 13.4. The highest BCUT2D eigenvalue weighted by molar-refractivity contribution is 5.33. The molecule has 1 aromatic rings. The van der Waals surface area contributed by atoms with Gasteiger partial charge in [-0.1, -0.05) is 36.6 Å². The van der Waals surface area contributed by atoms with Gasteiger partial charge in [0, 0.05) is 5.56 Å². The summed E-state index contributed by atoms with van der Waals surface area (Å²) in [5.74, 6) is 12.5. The third-order valence-corrected chi connectivity index (χ3v) is 2.32. The number of quaternary nitrogens is 1. The molecule has 0 spiro atoms. The van der Waals surface area contributed by atoms with Gasteiger partial charge in [0.1, 0.15) is 13.1 Å². The molecule has 0 amide bonds. The molecule has 0 aliphatic rings. The van der Waals surface area contributed by atoms with Crippen molar-refractivity contribution in [2.75, 3.05) is 27.2 Å². The van der Waals surface area contributed by atoms with Crippen LogP contribution in [0.15, 0.2) is 42.5 Å². The molecule has 0 aliphatic carbocycles. The molecule has 0 atom stereocenters. The summed E-state index contributed by atoms with van der Waals surface area (Å²) in [5.41, 5.74) is 1.97. The largest absolute Gasteiger partial charge is 1.00 e. The van der Waals surface area contributed by atoms with E-state index >= 15 is 0 Å². The van der Waals surface area contributed by atoms with Crippen LogP contribution in [0.4, 0.5) is 0 Å². The standard InChI is InChI=1S/C17H20N.BrH/c1-16(2)10-8-14-18(3,4)15-9-13-17-11-6-5-7-12-17;/h5-7,11-12H,1,14-15H2,2-4H3;1H/q+1;/p-1. The van der Waals surface area contributed by atoms with E-state index in [9.17, 15) is 0 Å². The minimum absolute atomic E-state index is 0. The molecule has 1 aromatic carbocycles. The molecule has 0 saturated heterocycles. The number of allylic oxidation sites excluding steroid dienone is 1. The van der Waals surface area contributed by atoms with Crippen LogP contribution in [-0.2, 0) is 0 Å². The van der Waals surface area contributed by atoms with E-state index in [2.05, 4.69) is 44.4 Å². The van der Waals surface area contributed by atoms with Gasteiger partial charge in [0.15, 0.2) is 0 Å². The molecule has 1 rings (SSSR count). The van der Waals surface area contributed by atoms with Gasteiger partial charge in [0.05, 0.1) is 14.1 Å². The maximum absolute atomic E-state index is 3.77. The zero-order valence-corrected chi connectivity index (χ0v) is 13.4. The smallest absolute Gasteiger partial charge is 0.141 e. The Kier molecular flexibility index (Phi) is 7.92. The lowest BCUT2D eigenvalue weighted by atomic mass is 10.2. The molecular formula is C17H20BrN. The first kappa shape index (κ1) is 17.5. The summed E-state index contributed by atoms with van der Waals surface area (Å²) in [7, 11) is 4.26. The lowest BCUT2D eigenvalue weighted by Gasteiger charge is -2.24. The van der Waals surface area contributed by atoms with Crippen LogP contribution in [-0.4, -0.2) is 31.7 Å². The highest BCUT2D eigenvalue weighted by atomic mass is 79.9. The number of rotatable bonds is 2. The van der Waals surface area contributed by atoms with Crippen LogP contribution < -0.4 is 17.0 Å². The molecule has 0 bridgehead atoms. The Balaban J connectivity index is 0.00000324. The van der Waals surface area contributed by atoms with Crippen LogP contribution in [0.25, 0.3) is 0 Å². The van der Waals surface area contributed by atoms with E-state index in [1.807, 2.05) is 37.3 Å². The molecule has 100 valence electrons. The van der Waals surface area contributed by atoms with Crippen LogP contribution in [0.1, 0.15) is 12.5 Å². The SMILES string of the molecule is C=C(C)C#CC[N+](C)(C)CC#Cc1ccccc1.[Br-]. The van der Waals surface area contributed by atoms with Gasteiger partial charge in [-0.2, -0.15) is 0 Å². The maximum atomic E-state index is 3.77. The molecule has 0 radical (unpaired) electrons. The normalized spacial score (nSPS) is 9.21. The van der Waals surface area contributed by atoms with Crippen LogP contribution in [0, 0.1) is 23.7 Å². The lowest BCUT2D eigenvalue weighted by Crippen LogP contribution is -3.00. The van der Waals surface area contributed by atoms with Crippen molar-refractivity contribution in [2.45, 2.75) is 6.92 Å². The second-order valence-corrected chi connectivity index (χ2v) is 5.00. The van der Waals surface area contributed by atoms with E-state index in [1.165, 1.54) is 0 Å². The Morgan fingerprint density at radius 3 is 2.26 bits per heavy atom. The van der Waals surface area contributed by atoms with Gasteiger partial charge in [-0.3, -0.25) is 0 Å². The Morgan fingerprint density at radius 1 is 1.11 bits per heavy atom. The third kappa shape index (κ3) is 8.27. The average molecular weight is 318 g/mol. The molecule has 0 unspecified atom stereocenters. The first-order valence-electron chi connectivity index (χ1n) is 6.00. The number of benzene rings is 1. The fourth-order valence-corrected chi connectivity index (χ4v) is 1.34.